The molecule has 0 spiro atoms. The first-order valence-electron chi connectivity index (χ1n) is 20.0. The van der Waals surface area contributed by atoms with Crippen LogP contribution in [0, 0.1) is 29.1 Å². The van der Waals surface area contributed by atoms with Crippen molar-refractivity contribution in [3.63, 3.8) is 0 Å². The predicted molar refractivity (Wildman–Crippen MR) is 218 cm³/mol. The molecule has 3 saturated carbocycles. The number of amides is 2. The summed E-state index contributed by atoms with van der Waals surface area (Å²) in [5.74, 6) is 0.972. The second kappa shape index (κ2) is 17.2. The van der Waals surface area contributed by atoms with Gasteiger partial charge in [0.05, 0.1) is 26.4 Å². The maximum atomic E-state index is 14.3. The average molecular weight is 771 g/mol. The van der Waals surface area contributed by atoms with Gasteiger partial charge in [-0.3, -0.25) is 19.4 Å². The Bertz CT molecular complexity index is 1840. The molecule has 2 unspecified atom stereocenters. The number of benzene rings is 2. The molecular weight excluding hydrogens is 709 g/mol. The summed E-state index contributed by atoms with van der Waals surface area (Å²) in [6.07, 6.45) is 2.81. The number of hydrogen-bond donors (Lipinski definition) is 4. The number of carbonyl (C=O) groups excluding carboxylic acids is 2. The summed E-state index contributed by atoms with van der Waals surface area (Å²) in [5.41, 5.74) is 4.84. The average Bonchev–Trinajstić information content (AvgIpc) is 3.53. The molecule has 12 heteroatoms. The van der Waals surface area contributed by atoms with Crippen LogP contribution in [0.2, 0.25) is 0 Å². The number of aromatic nitrogens is 1. The Kier molecular flexibility index (Phi) is 12.8. The Labute approximate surface area is 332 Å². The third kappa shape index (κ3) is 8.60. The number of rotatable bonds is 15. The lowest BCUT2D eigenvalue weighted by Gasteiger charge is -2.62. The standard InChI is InChI=1S/C44H62N6O6/c1-26-36-20-31(44(36,3)4)21-37(26)47-43(54)40-39(27(2)52)38(25-51)56-50(40)23-28-13-12-15-35(41(28)55-9)29-17-30(19-34(18-29)49(7)8)42(53)46-33(24-48(5)6)22-32-14-10-11-16-45-32/h10-19,26-27,31,33,36-40,51-52H,20-25H2,1-9H3,(H,46,53)(H,47,54)/t26-,27?,31+,33+,36-,37-,38-,39?,40-/m0/s1. The number of fused-ring (bicyclic) bond motifs is 2. The van der Waals surface area contributed by atoms with E-state index in [1.54, 1.807) is 25.3 Å². The minimum absolute atomic E-state index is 0.0327. The van der Waals surface area contributed by atoms with Crippen LogP contribution in [0.4, 0.5) is 5.69 Å². The molecule has 7 rings (SSSR count). The van der Waals surface area contributed by atoms with Crippen molar-refractivity contribution in [1.82, 2.24) is 25.6 Å². The number of para-hydroxylation sites is 1. The van der Waals surface area contributed by atoms with Crippen molar-refractivity contribution in [1.29, 1.82) is 0 Å². The Hall–Kier alpha value is -4.07. The molecule has 4 aliphatic rings. The van der Waals surface area contributed by atoms with Gasteiger partial charge >= 0.3 is 0 Å². The van der Waals surface area contributed by atoms with Gasteiger partial charge in [-0.15, -0.1) is 0 Å². The van der Waals surface area contributed by atoms with Gasteiger partial charge in [0.2, 0.25) is 5.91 Å². The number of carbonyl (C=O) groups is 2. The molecule has 1 aromatic heterocycles. The van der Waals surface area contributed by atoms with Gasteiger partial charge in [0.15, 0.2) is 0 Å². The van der Waals surface area contributed by atoms with Crippen LogP contribution >= 0.6 is 0 Å². The third-order valence-electron chi connectivity index (χ3n) is 12.8. The van der Waals surface area contributed by atoms with E-state index in [1.165, 1.54) is 6.42 Å². The van der Waals surface area contributed by atoms with Crippen LogP contribution in [0.1, 0.15) is 62.2 Å². The number of methoxy groups -OCH3 is 1. The number of aliphatic hydroxyl groups excluding tert-OH is 2. The third-order valence-corrected chi connectivity index (χ3v) is 12.8. The molecule has 4 N–H and O–H groups in total. The topological polar surface area (TPSA) is 140 Å². The first-order chi connectivity index (χ1) is 26.6. The highest BCUT2D eigenvalue weighted by atomic mass is 16.7. The zero-order valence-electron chi connectivity index (χ0n) is 34.5. The number of likely N-dealkylation sites (N-methyl/N-ethyl adjacent to an activating group) is 1. The van der Waals surface area contributed by atoms with Crippen LogP contribution < -0.4 is 20.3 Å². The summed E-state index contributed by atoms with van der Waals surface area (Å²) >= 11 is 0. The first-order valence-corrected chi connectivity index (χ1v) is 20.0. The van der Waals surface area contributed by atoms with Crippen LogP contribution in [0.15, 0.2) is 60.8 Å². The molecule has 12 nitrogen and oxygen atoms in total. The highest BCUT2D eigenvalue weighted by Crippen LogP contribution is 2.61. The number of ether oxygens (including phenoxy) is 1. The lowest BCUT2D eigenvalue weighted by atomic mass is 9.45. The smallest absolute Gasteiger partial charge is 0.251 e. The van der Waals surface area contributed by atoms with E-state index in [1.807, 2.05) is 87.7 Å². The number of nitrogens with one attached hydrogen (secondary N) is 2. The predicted octanol–water partition coefficient (Wildman–Crippen LogP) is 4.39. The van der Waals surface area contributed by atoms with Crippen molar-refractivity contribution < 1.29 is 29.4 Å². The molecular formula is C44H62N6O6. The summed E-state index contributed by atoms with van der Waals surface area (Å²) in [5, 5.41) is 29.6. The second-order valence-corrected chi connectivity index (χ2v) is 17.4. The molecule has 4 fully saturated rings. The SMILES string of the molecule is COc1c(CN2O[C@@H](CO)C(C(C)O)[C@H]2C(=O)N[C@H]2C[C@H]3C[C@@H]([C@@H]2C)C3(C)C)cccc1-c1cc(C(=O)N[C@H](Cc2ccccn2)CN(C)C)cc(N(C)C)c1. The molecule has 9 atom stereocenters. The van der Waals surface area contributed by atoms with Crippen molar-refractivity contribution in [3.05, 3.63) is 77.6 Å². The van der Waals surface area contributed by atoms with Crippen molar-refractivity contribution >= 4 is 17.5 Å². The fourth-order valence-corrected chi connectivity index (χ4v) is 9.63. The second-order valence-electron chi connectivity index (χ2n) is 17.4. The van der Waals surface area contributed by atoms with Crippen LogP contribution in [-0.2, 0) is 22.6 Å². The fraction of sp³-hybridized carbons (Fsp3) is 0.568. The summed E-state index contributed by atoms with van der Waals surface area (Å²) < 4.78 is 6.10. The van der Waals surface area contributed by atoms with Gasteiger partial charge in [0, 0.05) is 79.3 Å². The zero-order valence-corrected chi connectivity index (χ0v) is 34.5. The first kappa shape index (κ1) is 41.6. The van der Waals surface area contributed by atoms with Gasteiger partial charge in [-0.1, -0.05) is 45.0 Å². The number of hydroxylamine groups is 2. The highest BCUT2D eigenvalue weighted by molar-refractivity contribution is 5.97. The van der Waals surface area contributed by atoms with Crippen LogP contribution in [0.25, 0.3) is 11.1 Å². The van der Waals surface area contributed by atoms with Gasteiger partial charge in [0.1, 0.15) is 17.9 Å². The monoisotopic (exact) mass is 770 g/mol. The fourth-order valence-electron chi connectivity index (χ4n) is 9.63. The maximum absolute atomic E-state index is 14.3. The van der Waals surface area contributed by atoms with E-state index in [0.717, 1.165) is 34.5 Å². The Morgan fingerprint density at radius 1 is 1.09 bits per heavy atom. The van der Waals surface area contributed by atoms with E-state index in [9.17, 15) is 19.8 Å². The van der Waals surface area contributed by atoms with Crippen LogP contribution in [0.3, 0.4) is 0 Å². The number of hydrogen-bond acceptors (Lipinski definition) is 10. The maximum Gasteiger partial charge on any atom is 0.251 e. The summed E-state index contributed by atoms with van der Waals surface area (Å²) in [6, 6.07) is 16.4. The van der Waals surface area contributed by atoms with E-state index in [2.05, 4.69) is 41.3 Å². The molecule has 2 amide bonds. The molecule has 2 heterocycles. The lowest BCUT2D eigenvalue weighted by molar-refractivity contribution is -0.183. The van der Waals surface area contributed by atoms with Crippen LogP contribution in [0.5, 0.6) is 5.75 Å². The molecule has 0 radical (unpaired) electrons. The Morgan fingerprint density at radius 3 is 2.46 bits per heavy atom. The number of aliphatic hydroxyl groups is 2. The van der Waals surface area contributed by atoms with Crippen LogP contribution in [-0.4, -0.2) is 116 Å². The number of anilines is 1. The van der Waals surface area contributed by atoms with Gasteiger partial charge in [0.25, 0.3) is 5.91 Å². The van der Waals surface area contributed by atoms with Crippen molar-refractivity contribution in [2.75, 3.05) is 53.4 Å². The van der Waals surface area contributed by atoms with Gasteiger partial charge in [-0.05, 0) is 92.9 Å². The summed E-state index contributed by atoms with van der Waals surface area (Å²) in [4.78, 5) is 43.1. The lowest BCUT2D eigenvalue weighted by Crippen LogP contribution is -2.62. The number of nitrogens with zero attached hydrogens (tertiary/aromatic N) is 4. The van der Waals surface area contributed by atoms with E-state index < -0.39 is 24.2 Å². The summed E-state index contributed by atoms with van der Waals surface area (Å²) in [7, 11) is 9.45. The normalized spacial score (nSPS) is 26.6. The minimum Gasteiger partial charge on any atom is -0.496 e. The molecule has 3 aromatic rings. The molecule has 3 aliphatic carbocycles. The van der Waals surface area contributed by atoms with E-state index in [4.69, 9.17) is 9.57 Å². The van der Waals surface area contributed by atoms with Crippen molar-refractivity contribution in [2.45, 2.75) is 83.8 Å². The molecule has 2 aromatic carbocycles. The Morgan fingerprint density at radius 2 is 1.86 bits per heavy atom. The molecule has 1 saturated heterocycles. The number of pyridine rings is 1. The molecule has 1 aliphatic heterocycles. The zero-order chi connectivity index (χ0) is 40.5. The molecule has 304 valence electrons. The van der Waals surface area contributed by atoms with E-state index in [0.29, 0.717) is 42.0 Å². The largest absolute Gasteiger partial charge is 0.496 e. The van der Waals surface area contributed by atoms with E-state index in [-0.39, 0.29) is 42.5 Å². The van der Waals surface area contributed by atoms with Crippen molar-refractivity contribution in [2.24, 2.45) is 29.1 Å². The molecule has 56 heavy (non-hydrogen) atoms. The van der Waals surface area contributed by atoms with E-state index >= 15 is 0 Å². The summed E-state index contributed by atoms with van der Waals surface area (Å²) in [6.45, 7) is 9.01. The Balaban J connectivity index is 1.28. The van der Waals surface area contributed by atoms with Gasteiger partial charge < -0.3 is 35.4 Å². The quantitative estimate of drug-likeness (QED) is 0.176. The van der Waals surface area contributed by atoms with Crippen molar-refractivity contribution in [3.8, 4) is 16.9 Å². The molecule has 2 bridgehead atoms. The minimum atomic E-state index is -0.906. The van der Waals surface area contributed by atoms with Gasteiger partial charge in [-0.25, -0.2) is 0 Å². The highest BCUT2D eigenvalue weighted by Gasteiger charge is 2.57. The van der Waals surface area contributed by atoms with Gasteiger partial charge in [-0.2, -0.15) is 5.06 Å².